The highest BCUT2D eigenvalue weighted by atomic mass is 16.5. The van der Waals surface area contributed by atoms with Crippen molar-refractivity contribution in [3.8, 4) is 16.9 Å². The summed E-state index contributed by atoms with van der Waals surface area (Å²) in [5.74, 6) is 1.89. The van der Waals surface area contributed by atoms with E-state index < -0.39 is 0 Å². The van der Waals surface area contributed by atoms with Crippen LogP contribution < -0.4 is 4.74 Å². The summed E-state index contributed by atoms with van der Waals surface area (Å²) in [7, 11) is 1.73. The molecule has 0 fully saturated rings. The van der Waals surface area contributed by atoms with Crippen molar-refractivity contribution in [2.24, 2.45) is 0 Å². The van der Waals surface area contributed by atoms with Crippen molar-refractivity contribution in [1.82, 2.24) is 14.0 Å². The second-order valence-electron chi connectivity index (χ2n) is 7.69. The molecule has 146 valence electrons. The fourth-order valence-electron chi connectivity index (χ4n) is 4.76. The Morgan fingerprint density at radius 1 is 0.897 bits per heavy atom. The highest BCUT2D eigenvalue weighted by molar-refractivity contribution is 5.99. The third kappa shape index (κ3) is 2.35. The number of aromatic nitrogens is 3. The molecule has 3 aromatic carbocycles. The first-order valence-electron chi connectivity index (χ1n) is 10.1. The van der Waals surface area contributed by atoms with E-state index in [1.165, 1.54) is 33.3 Å². The second kappa shape index (κ2) is 6.38. The van der Waals surface area contributed by atoms with Gasteiger partial charge in [0.05, 0.1) is 29.2 Å². The van der Waals surface area contributed by atoms with E-state index in [4.69, 9.17) is 9.72 Å². The Labute approximate surface area is 170 Å². The van der Waals surface area contributed by atoms with E-state index in [1.807, 2.05) is 0 Å². The third-order valence-corrected chi connectivity index (χ3v) is 6.07. The van der Waals surface area contributed by atoms with Gasteiger partial charge in [-0.2, -0.15) is 0 Å². The van der Waals surface area contributed by atoms with Crippen molar-refractivity contribution in [1.29, 1.82) is 0 Å². The van der Waals surface area contributed by atoms with Gasteiger partial charge in [-0.3, -0.25) is 4.40 Å². The molecule has 0 amide bonds. The highest BCUT2D eigenvalue weighted by Crippen LogP contribution is 2.37. The molecule has 5 rings (SSSR count). The van der Waals surface area contributed by atoms with Gasteiger partial charge in [0, 0.05) is 17.7 Å². The van der Waals surface area contributed by atoms with Gasteiger partial charge in [-0.15, -0.1) is 0 Å². The molecule has 5 aromatic rings. The largest absolute Gasteiger partial charge is 0.496 e. The number of imidazole rings is 2. The second-order valence-corrected chi connectivity index (χ2v) is 7.69. The fraction of sp³-hybridized carbons (Fsp3) is 0.240. The number of fused-ring (bicyclic) bond motifs is 5. The summed E-state index contributed by atoms with van der Waals surface area (Å²) in [5.41, 5.74) is 10.7. The molecular weight excluding hydrogens is 358 g/mol. The summed E-state index contributed by atoms with van der Waals surface area (Å²) < 4.78 is 10.2. The third-order valence-electron chi connectivity index (χ3n) is 6.07. The number of ether oxygens (including phenoxy) is 1. The van der Waals surface area contributed by atoms with Crippen LogP contribution in [0.5, 0.6) is 5.75 Å². The normalized spacial score (nSPS) is 11.8. The van der Waals surface area contributed by atoms with Gasteiger partial charge in [-0.05, 0) is 62.6 Å². The zero-order valence-electron chi connectivity index (χ0n) is 17.6. The molecule has 4 heteroatoms. The lowest BCUT2D eigenvalue weighted by molar-refractivity contribution is 0.412. The lowest BCUT2D eigenvalue weighted by Crippen LogP contribution is -1.97. The number of nitrogens with zero attached hydrogens (tertiary/aromatic N) is 3. The molecular formula is C25H25N3O. The molecule has 2 aromatic heterocycles. The summed E-state index contributed by atoms with van der Waals surface area (Å²) in [4.78, 5) is 5.16. The smallest absolute Gasteiger partial charge is 0.216 e. The van der Waals surface area contributed by atoms with Gasteiger partial charge in [0.25, 0.3) is 0 Å². The summed E-state index contributed by atoms with van der Waals surface area (Å²) in [6.07, 6.45) is 0. The van der Waals surface area contributed by atoms with Crippen LogP contribution in [0.1, 0.15) is 23.6 Å². The van der Waals surface area contributed by atoms with E-state index >= 15 is 0 Å². The van der Waals surface area contributed by atoms with Crippen LogP contribution in [0.2, 0.25) is 0 Å². The summed E-state index contributed by atoms with van der Waals surface area (Å²) >= 11 is 0. The zero-order chi connectivity index (χ0) is 20.3. The lowest BCUT2D eigenvalue weighted by Gasteiger charge is -2.11. The van der Waals surface area contributed by atoms with Crippen LogP contribution in [-0.2, 0) is 6.54 Å². The Kier molecular flexibility index (Phi) is 3.91. The maximum atomic E-state index is 5.57. The van der Waals surface area contributed by atoms with E-state index in [1.54, 1.807) is 7.11 Å². The maximum Gasteiger partial charge on any atom is 0.216 e. The van der Waals surface area contributed by atoms with Crippen LogP contribution in [0.3, 0.4) is 0 Å². The minimum atomic E-state index is 0.850. The van der Waals surface area contributed by atoms with Crippen LogP contribution in [-0.4, -0.2) is 21.1 Å². The number of benzene rings is 3. The molecule has 0 saturated carbocycles. The molecule has 0 aliphatic carbocycles. The van der Waals surface area contributed by atoms with Gasteiger partial charge in [0.15, 0.2) is 0 Å². The van der Waals surface area contributed by atoms with Crippen molar-refractivity contribution in [3.63, 3.8) is 0 Å². The molecule has 0 atom stereocenters. The van der Waals surface area contributed by atoms with Crippen LogP contribution >= 0.6 is 0 Å². The van der Waals surface area contributed by atoms with Crippen LogP contribution in [0.4, 0.5) is 0 Å². The van der Waals surface area contributed by atoms with Crippen molar-refractivity contribution in [2.45, 2.75) is 34.2 Å². The molecule has 0 aliphatic rings. The van der Waals surface area contributed by atoms with Crippen LogP contribution in [0.25, 0.3) is 39.0 Å². The van der Waals surface area contributed by atoms with E-state index in [2.05, 4.69) is 85.2 Å². The SMILES string of the molecule is CCn1c2c(C)c(OC)ccc2n2c3cccc(-c4c(C)cccc4C)c3nc12. The summed E-state index contributed by atoms with van der Waals surface area (Å²) in [5, 5.41) is 0. The van der Waals surface area contributed by atoms with Crippen molar-refractivity contribution in [2.75, 3.05) is 7.11 Å². The van der Waals surface area contributed by atoms with Gasteiger partial charge in [-0.1, -0.05) is 30.3 Å². The van der Waals surface area contributed by atoms with E-state index in [0.29, 0.717) is 0 Å². The molecule has 0 aliphatic heterocycles. The van der Waals surface area contributed by atoms with Gasteiger partial charge in [-0.25, -0.2) is 4.98 Å². The maximum absolute atomic E-state index is 5.57. The Morgan fingerprint density at radius 3 is 2.31 bits per heavy atom. The van der Waals surface area contributed by atoms with Crippen molar-refractivity contribution >= 4 is 27.8 Å². The molecule has 0 N–H and O–H groups in total. The topological polar surface area (TPSA) is 31.5 Å². The van der Waals surface area contributed by atoms with Crippen LogP contribution in [0.15, 0.2) is 48.5 Å². The predicted molar refractivity (Wildman–Crippen MR) is 120 cm³/mol. The summed E-state index contributed by atoms with van der Waals surface area (Å²) in [6, 6.07) is 17.2. The van der Waals surface area contributed by atoms with Crippen molar-refractivity contribution in [3.05, 3.63) is 65.2 Å². The number of aryl methyl sites for hydroxylation is 4. The number of hydrogen-bond acceptors (Lipinski definition) is 2. The van der Waals surface area contributed by atoms with Crippen LogP contribution in [0, 0.1) is 20.8 Å². The Hall–Kier alpha value is -3.27. The first-order valence-corrected chi connectivity index (χ1v) is 10.1. The van der Waals surface area contributed by atoms with E-state index in [9.17, 15) is 0 Å². The molecule has 4 nitrogen and oxygen atoms in total. The van der Waals surface area contributed by atoms with Gasteiger partial charge >= 0.3 is 0 Å². The molecule has 0 spiro atoms. The molecule has 0 bridgehead atoms. The molecule has 0 unspecified atom stereocenters. The molecule has 0 radical (unpaired) electrons. The number of para-hydroxylation sites is 1. The number of methoxy groups -OCH3 is 1. The standard InChI is InChI=1S/C25H25N3O/c1-6-27-24-17(4)21(29-5)14-13-20(24)28-19-12-8-11-18(23(19)26-25(27)28)22-15(2)9-7-10-16(22)3/h7-14H,6H2,1-5H3. The predicted octanol–water partition coefficient (Wildman–Crippen LogP) is 6.06. The monoisotopic (exact) mass is 383 g/mol. The lowest BCUT2D eigenvalue weighted by atomic mass is 9.95. The minimum absolute atomic E-state index is 0.850. The van der Waals surface area contributed by atoms with E-state index in [0.717, 1.165) is 34.7 Å². The van der Waals surface area contributed by atoms with Gasteiger partial charge < -0.3 is 9.30 Å². The number of rotatable bonds is 3. The van der Waals surface area contributed by atoms with Crippen molar-refractivity contribution < 1.29 is 4.74 Å². The average molecular weight is 383 g/mol. The quantitative estimate of drug-likeness (QED) is 0.379. The first-order chi connectivity index (χ1) is 14.1. The average Bonchev–Trinajstić information content (AvgIpc) is 3.23. The minimum Gasteiger partial charge on any atom is -0.496 e. The number of hydrogen-bond donors (Lipinski definition) is 0. The van der Waals surface area contributed by atoms with E-state index in [-0.39, 0.29) is 0 Å². The van der Waals surface area contributed by atoms with Gasteiger partial charge in [0.1, 0.15) is 5.75 Å². The molecule has 2 heterocycles. The summed E-state index contributed by atoms with van der Waals surface area (Å²) in [6.45, 7) is 9.49. The zero-order valence-corrected chi connectivity index (χ0v) is 17.6. The Balaban J connectivity index is 1.95. The molecule has 29 heavy (non-hydrogen) atoms. The Morgan fingerprint density at radius 2 is 1.62 bits per heavy atom. The molecule has 0 saturated heterocycles. The highest BCUT2D eigenvalue weighted by Gasteiger charge is 2.20. The first kappa shape index (κ1) is 17.8. The Bertz CT molecular complexity index is 1380. The fourth-order valence-corrected chi connectivity index (χ4v) is 4.76. The van der Waals surface area contributed by atoms with Gasteiger partial charge in [0.2, 0.25) is 5.78 Å².